The fourth-order valence-electron chi connectivity index (χ4n) is 2.99. The van der Waals surface area contributed by atoms with Crippen LogP contribution in [0.2, 0.25) is 0 Å². The number of nitrogens with zero attached hydrogens (tertiary/aromatic N) is 3. The lowest BCUT2D eigenvalue weighted by Gasteiger charge is -2.06. The summed E-state index contributed by atoms with van der Waals surface area (Å²) in [5, 5.41) is 5.17. The molecule has 0 aliphatic heterocycles. The summed E-state index contributed by atoms with van der Waals surface area (Å²) in [6, 6.07) is 10.6. The molecule has 9 heteroatoms. The van der Waals surface area contributed by atoms with Gasteiger partial charge in [0.15, 0.2) is 0 Å². The molecule has 0 aliphatic rings. The number of benzene rings is 1. The number of carbonyl (C=O) groups excluding carboxylic acids is 1. The van der Waals surface area contributed by atoms with Crippen molar-refractivity contribution in [2.45, 2.75) is 19.0 Å². The molecular weight excluding hydrogens is 413 g/mol. The van der Waals surface area contributed by atoms with Gasteiger partial charge >= 0.3 is 6.18 Å². The van der Waals surface area contributed by atoms with Crippen molar-refractivity contribution in [2.75, 3.05) is 6.54 Å². The van der Waals surface area contributed by atoms with Crippen molar-refractivity contribution in [3.8, 4) is 10.6 Å². The molecule has 0 saturated carbocycles. The number of pyridine rings is 1. The Morgan fingerprint density at radius 3 is 2.60 bits per heavy atom. The molecule has 5 nitrogen and oxygen atoms in total. The lowest BCUT2D eigenvalue weighted by atomic mass is 10.1. The highest BCUT2D eigenvalue weighted by Gasteiger charge is 2.30. The normalized spacial score (nSPS) is 11.7. The van der Waals surface area contributed by atoms with E-state index in [2.05, 4.69) is 15.3 Å². The molecule has 0 atom stereocenters. The first-order valence-electron chi connectivity index (χ1n) is 9.20. The number of fused-ring (bicyclic) bond motifs is 1. The summed E-state index contributed by atoms with van der Waals surface area (Å²) in [6.07, 6.45) is 0.205. The maximum absolute atomic E-state index is 12.7. The van der Waals surface area contributed by atoms with Gasteiger partial charge in [0.05, 0.1) is 23.4 Å². The van der Waals surface area contributed by atoms with E-state index in [0.29, 0.717) is 29.2 Å². The first kappa shape index (κ1) is 20.1. The first-order valence-corrected chi connectivity index (χ1v) is 10.1. The zero-order valence-corrected chi connectivity index (χ0v) is 16.5. The van der Waals surface area contributed by atoms with Crippen LogP contribution in [0.25, 0.3) is 16.2 Å². The van der Waals surface area contributed by atoms with Crippen LogP contribution in [-0.2, 0) is 23.8 Å². The molecule has 0 saturated heterocycles. The van der Waals surface area contributed by atoms with Gasteiger partial charge in [-0.1, -0.05) is 18.2 Å². The Morgan fingerprint density at radius 1 is 1.07 bits per heavy atom. The smallest absolute Gasteiger partial charge is 0.355 e. The number of alkyl halides is 3. The lowest BCUT2D eigenvalue weighted by Crippen LogP contribution is -2.27. The Kier molecular flexibility index (Phi) is 5.54. The van der Waals surface area contributed by atoms with Crippen LogP contribution in [0, 0.1) is 0 Å². The third-order valence-electron chi connectivity index (χ3n) is 4.47. The molecular formula is C21H17F3N4OS. The van der Waals surface area contributed by atoms with E-state index in [1.165, 1.54) is 23.5 Å². The summed E-state index contributed by atoms with van der Waals surface area (Å²) in [5.41, 5.74) is 2.22. The Bertz CT molecular complexity index is 1130. The van der Waals surface area contributed by atoms with Gasteiger partial charge in [-0.3, -0.25) is 4.79 Å². The summed E-state index contributed by atoms with van der Waals surface area (Å²) in [7, 11) is 0. The summed E-state index contributed by atoms with van der Waals surface area (Å²) < 4.78 is 39.9. The minimum absolute atomic E-state index is 0.113. The standard InChI is InChI=1S/C21H17F3N4OS/c22-21(23,24)15-6-4-14(5-7-15)20-27-17(13-30-20)11-19(29)25-9-8-16-12-28-10-2-1-3-18(28)26-16/h1-7,10,12-13H,8-9,11H2,(H,25,29). The first-order chi connectivity index (χ1) is 14.4. The molecule has 0 unspecified atom stereocenters. The van der Waals surface area contributed by atoms with Gasteiger partial charge in [0.2, 0.25) is 5.91 Å². The fraction of sp³-hybridized carbons (Fsp3) is 0.190. The van der Waals surface area contributed by atoms with Gasteiger partial charge in [-0.15, -0.1) is 11.3 Å². The molecule has 4 aromatic rings. The number of rotatable bonds is 6. The van der Waals surface area contributed by atoms with E-state index in [-0.39, 0.29) is 12.3 Å². The van der Waals surface area contributed by atoms with Crippen LogP contribution in [0.15, 0.2) is 60.2 Å². The summed E-state index contributed by atoms with van der Waals surface area (Å²) in [5.74, 6) is -0.164. The molecule has 0 aliphatic carbocycles. The number of halogens is 3. The Balaban J connectivity index is 1.30. The molecule has 4 rings (SSSR count). The van der Waals surface area contributed by atoms with Crippen molar-refractivity contribution in [1.82, 2.24) is 19.7 Å². The molecule has 0 bridgehead atoms. The van der Waals surface area contributed by atoms with E-state index < -0.39 is 11.7 Å². The third kappa shape index (κ3) is 4.68. The van der Waals surface area contributed by atoms with Gasteiger partial charge in [0, 0.05) is 36.3 Å². The number of amides is 1. The number of imidazole rings is 1. The highest BCUT2D eigenvalue weighted by molar-refractivity contribution is 7.13. The van der Waals surface area contributed by atoms with Crippen molar-refractivity contribution in [1.29, 1.82) is 0 Å². The molecule has 1 amide bonds. The van der Waals surface area contributed by atoms with Crippen LogP contribution in [0.3, 0.4) is 0 Å². The molecule has 0 radical (unpaired) electrons. The van der Waals surface area contributed by atoms with Crippen molar-refractivity contribution >= 4 is 22.9 Å². The lowest BCUT2D eigenvalue weighted by molar-refractivity contribution is -0.137. The number of carbonyl (C=O) groups is 1. The van der Waals surface area contributed by atoms with Gasteiger partial charge in [-0.05, 0) is 24.3 Å². The number of hydrogen-bond donors (Lipinski definition) is 1. The third-order valence-corrected chi connectivity index (χ3v) is 5.41. The van der Waals surface area contributed by atoms with Gasteiger partial charge in [-0.2, -0.15) is 13.2 Å². The van der Waals surface area contributed by atoms with E-state index in [4.69, 9.17) is 0 Å². The number of thiazole rings is 1. The second kappa shape index (κ2) is 8.27. The molecule has 1 N–H and O–H groups in total. The van der Waals surface area contributed by atoms with E-state index in [9.17, 15) is 18.0 Å². The second-order valence-electron chi connectivity index (χ2n) is 6.69. The largest absolute Gasteiger partial charge is 0.416 e. The maximum atomic E-state index is 12.7. The maximum Gasteiger partial charge on any atom is 0.416 e. The van der Waals surface area contributed by atoms with Crippen LogP contribution in [-0.4, -0.2) is 26.8 Å². The summed E-state index contributed by atoms with van der Waals surface area (Å²) >= 11 is 1.30. The van der Waals surface area contributed by atoms with E-state index in [1.54, 1.807) is 5.38 Å². The summed E-state index contributed by atoms with van der Waals surface area (Å²) in [6.45, 7) is 0.457. The fourth-order valence-corrected chi connectivity index (χ4v) is 3.81. The van der Waals surface area contributed by atoms with Crippen LogP contribution >= 0.6 is 11.3 Å². The molecule has 154 valence electrons. The van der Waals surface area contributed by atoms with Gasteiger partial charge < -0.3 is 9.72 Å². The number of hydrogen-bond acceptors (Lipinski definition) is 4. The minimum atomic E-state index is -4.37. The molecule has 1 aromatic carbocycles. The predicted octanol–water partition coefficient (Wildman–Crippen LogP) is 4.38. The quantitative estimate of drug-likeness (QED) is 0.494. The highest BCUT2D eigenvalue weighted by atomic mass is 32.1. The van der Waals surface area contributed by atoms with Crippen molar-refractivity contribution in [3.63, 3.8) is 0 Å². The average Bonchev–Trinajstić information content (AvgIpc) is 3.34. The van der Waals surface area contributed by atoms with Gasteiger partial charge in [0.25, 0.3) is 0 Å². The average molecular weight is 430 g/mol. The van der Waals surface area contributed by atoms with Crippen LogP contribution in [0.1, 0.15) is 17.0 Å². The zero-order chi connectivity index (χ0) is 21.1. The number of aromatic nitrogens is 3. The van der Waals surface area contributed by atoms with Gasteiger partial charge in [-0.25, -0.2) is 9.97 Å². The minimum Gasteiger partial charge on any atom is -0.355 e. The molecule has 0 fully saturated rings. The molecule has 3 aromatic heterocycles. The van der Waals surface area contributed by atoms with Crippen molar-refractivity contribution in [3.05, 3.63) is 77.2 Å². The van der Waals surface area contributed by atoms with Crippen LogP contribution in [0.4, 0.5) is 13.2 Å². The monoisotopic (exact) mass is 430 g/mol. The number of nitrogens with one attached hydrogen (secondary N) is 1. The Labute approximate surface area is 174 Å². The topological polar surface area (TPSA) is 59.3 Å². The molecule has 0 spiro atoms. The zero-order valence-electron chi connectivity index (χ0n) is 15.7. The van der Waals surface area contributed by atoms with E-state index in [0.717, 1.165) is 23.5 Å². The molecule has 3 heterocycles. The predicted molar refractivity (Wildman–Crippen MR) is 108 cm³/mol. The van der Waals surface area contributed by atoms with E-state index in [1.807, 2.05) is 35.0 Å². The SMILES string of the molecule is O=C(Cc1csc(-c2ccc(C(F)(F)F)cc2)n1)NCCc1cn2ccccc2n1. The second-order valence-corrected chi connectivity index (χ2v) is 7.55. The Hall–Kier alpha value is -3.20. The van der Waals surface area contributed by atoms with Crippen molar-refractivity contribution in [2.24, 2.45) is 0 Å². The highest BCUT2D eigenvalue weighted by Crippen LogP contribution is 2.31. The Morgan fingerprint density at radius 2 is 1.87 bits per heavy atom. The van der Waals surface area contributed by atoms with Crippen LogP contribution < -0.4 is 5.32 Å². The van der Waals surface area contributed by atoms with Gasteiger partial charge in [0.1, 0.15) is 10.7 Å². The summed E-state index contributed by atoms with van der Waals surface area (Å²) in [4.78, 5) is 21.0. The van der Waals surface area contributed by atoms with E-state index >= 15 is 0 Å². The van der Waals surface area contributed by atoms with Crippen molar-refractivity contribution < 1.29 is 18.0 Å². The molecule has 30 heavy (non-hydrogen) atoms. The van der Waals surface area contributed by atoms with Crippen LogP contribution in [0.5, 0.6) is 0 Å².